The van der Waals surface area contributed by atoms with Crippen molar-refractivity contribution < 1.29 is 13.9 Å². The third-order valence-electron chi connectivity index (χ3n) is 2.97. The second kappa shape index (κ2) is 7.04. The lowest BCUT2D eigenvalue weighted by Crippen LogP contribution is -2.28. The van der Waals surface area contributed by atoms with Gasteiger partial charge in [0.2, 0.25) is 0 Å². The first-order chi connectivity index (χ1) is 8.27. The second-order valence-electron chi connectivity index (χ2n) is 4.16. The fourth-order valence-corrected chi connectivity index (χ4v) is 2.11. The minimum Gasteiger partial charge on any atom is -0.343 e. The molecule has 1 N–H and O–H groups in total. The largest absolute Gasteiger partial charge is 0.343 e. The lowest BCUT2D eigenvalue weighted by atomic mass is 10.0. The number of hydrogen-bond acceptors (Lipinski definition) is 3. The van der Waals surface area contributed by atoms with E-state index in [0.29, 0.717) is 13.2 Å². The highest BCUT2D eigenvalue weighted by molar-refractivity contribution is 5.85. The van der Waals surface area contributed by atoms with Crippen LogP contribution in [0.25, 0.3) is 0 Å². The van der Waals surface area contributed by atoms with E-state index in [4.69, 9.17) is 9.47 Å². The SMILES string of the molecule is CNCCCC1(c2ccc(F)cc2)OCCO1.Cl. The highest BCUT2D eigenvalue weighted by atomic mass is 35.5. The number of ether oxygens (including phenoxy) is 2. The lowest BCUT2D eigenvalue weighted by Gasteiger charge is -2.27. The molecule has 0 aliphatic carbocycles. The zero-order chi connectivity index (χ0) is 12.1. The van der Waals surface area contributed by atoms with Crippen LogP contribution in [0.5, 0.6) is 0 Å². The maximum Gasteiger partial charge on any atom is 0.195 e. The molecule has 0 amide bonds. The Morgan fingerprint density at radius 2 is 1.83 bits per heavy atom. The van der Waals surface area contributed by atoms with Crippen LogP contribution < -0.4 is 5.32 Å². The maximum atomic E-state index is 12.9. The van der Waals surface area contributed by atoms with Crippen LogP contribution in [0.2, 0.25) is 0 Å². The molecule has 2 rings (SSSR count). The molecular weight excluding hydrogens is 257 g/mol. The molecule has 0 unspecified atom stereocenters. The van der Waals surface area contributed by atoms with Crippen molar-refractivity contribution in [2.24, 2.45) is 0 Å². The minimum atomic E-state index is -0.676. The van der Waals surface area contributed by atoms with Crippen molar-refractivity contribution in [2.45, 2.75) is 18.6 Å². The van der Waals surface area contributed by atoms with Crippen molar-refractivity contribution in [3.63, 3.8) is 0 Å². The van der Waals surface area contributed by atoms with E-state index < -0.39 is 5.79 Å². The quantitative estimate of drug-likeness (QED) is 0.838. The van der Waals surface area contributed by atoms with E-state index in [2.05, 4.69) is 5.32 Å². The van der Waals surface area contributed by atoms with E-state index in [0.717, 1.165) is 24.9 Å². The molecule has 18 heavy (non-hydrogen) atoms. The first-order valence-corrected chi connectivity index (χ1v) is 5.95. The highest BCUT2D eigenvalue weighted by Crippen LogP contribution is 2.35. The van der Waals surface area contributed by atoms with E-state index in [1.54, 1.807) is 12.1 Å². The molecule has 5 heteroatoms. The Hall–Kier alpha value is -0.680. The van der Waals surface area contributed by atoms with Gasteiger partial charge in [-0.1, -0.05) is 12.1 Å². The Bertz CT molecular complexity index is 353. The Kier molecular flexibility index (Phi) is 6.02. The molecule has 0 bridgehead atoms. The van der Waals surface area contributed by atoms with Gasteiger partial charge >= 0.3 is 0 Å². The average molecular weight is 276 g/mol. The van der Waals surface area contributed by atoms with Crippen molar-refractivity contribution in [3.05, 3.63) is 35.6 Å². The van der Waals surface area contributed by atoms with Crippen molar-refractivity contribution in [1.82, 2.24) is 5.32 Å². The molecule has 0 aromatic heterocycles. The van der Waals surface area contributed by atoms with Crippen LogP contribution >= 0.6 is 12.4 Å². The Morgan fingerprint density at radius 1 is 1.22 bits per heavy atom. The smallest absolute Gasteiger partial charge is 0.195 e. The second-order valence-corrected chi connectivity index (χ2v) is 4.16. The van der Waals surface area contributed by atoms with Crippen molar-refractivity contribution in [2.75, 3.05) is 26.8 Å². The predicted octanol–water partition coefficient (Wildman–Crippen LogP) is 2.45. The standard InChI is InChI=1S/C13H18FNO2.ClH/c1-15-8-2-7-13(16-9-10-17-13)11-3-5-12(14)6-4-11;/h3-6,15H,2,7-10H2,1H3;1H. The van der Waals surface area contributed by atoms with Gasteiger partial charge in [0.15, 0.2) is 5.79 Å². The fraction of sp³-hybridized carbons (Fsp3) is 0.538. The molecular formula is C13H19ClFNO2. The summed E-state index contributed by atoms with van der Waals surface area (Å²) in [5, 5.41) is 3.10. The molecule has 1 aliphatic rings. The first-order valence-electron chi connectivity index (χ1n) is 5.95. The van der Waals surface area contributed by atoms with Gasteiger partial charge in [-0.25, -0.2) is 4.39 Å². The summed E-state index contributed by atoms with van der Waals surface area (Å²) in [5.41, 5.74) is 0.896. The van der Waals surface area contributed by atoms with Crippen LogP contribution in [0.15, 0.2) is 24.3 Å². The summed E-state index contributed by atoms with van der Waals surface area (Å²) in [5.74, 6) is -0.915. The predicted molar refractivity (Wildman–Crippen MR) is 70.4 cm³/mol. The molecule has 102 valence electrons. The molecule has 1 saturated heterocycles. The number of nitrogens with one attached hydrogen (secondary N) is 1. The molecule has 0 radical (unpaired) electrons. The van der Waals surface area contributed by atoms with Gasteiger partial charge in [-0.2, -0.15) is 0 Å². The van der Waals surface area contributed by atoms with Crippen molar-refractivity contribution in [1.29, 1.82) is 0 Å². The summed E-state index contributed by atoms with van der Waals surface area (Å²) in [6.45, 7) is 2.10. The molecule has 1 aromatic rings. The van der Waals surface area contributed by atoms with E-state index in [1.165, 1.54) is 12.1 Å². The number of benzene rings is 1. The van der Waals surface area contributed by atoms with Crippen LogP contribution in [0.1, 0.15) is 18.4 Å². The molecule has 1 fully saturated rings. The van der Waals surface area contributed by atoms with Gasteiger partial charge in [0, 0.05) is 12.0 Å². The molecule has 1 heterocycles. The van der Waals surface area contributed by atoms with Crippen LogP contribution in [0.4, 0.5) is 4.39 Å². The van der Waals surface area contributed by atoms with Gasteiger partial charge in [-0.05, 0) is 32.1 Å². The highest BCUT2D eigenvalue weighted by Gasteiger charge is 2.37. The molecule has 1 aliphatic heterocycles. The van der Waals surface area contributed by atoms with Crippen LogP contribution in [0.3, 0.4) is 0 Å². The molecule has 0 saturated carbocycles. The van der Waals surface area contributed by atoms with Gasteiger partial charge in [-0.3, -0.25) is 0 Å². The Labute approximate surface area is 113 Å². The zero-order valence-corrected chi connectivity index (χ0v) is 11.3. The fourth-order valence-electron chi connectivity index (χ4n) is 2.11. The summed E-state index contributed by atoms with van der Waals surface area (Å²) >= 11 is 0. The first kappa shape index (κ1) is 15.4. The normalized spacial score (nSPS) is 17.4. The molecule has 0 atom stereocenters. The average Bonchev–Trinajstić information content (AvgIpc) is 2.80. The summed E-state index contributed by atoms with van der Waals surface area (Å²) in [7, 11) is 1.92. The number of hydrogen-bond donors (Lipinski definition) is 1. The molecule has 1 aromatic carbocycles. The monoisotopic (exact) mass is 275 g/mol. The topological polar surface area (TPSA) is 30.5 Å². The van der Waals surface area contributed by atoms with E-state index in [1.807, 2.05) is 7.05 Å². The van der Waals surface area contributed by atoms with Crippen LogP contribution in [0, 0.1) is 5.82 Å². The maximum absolute atomic E-state index is 12.9. The van der Waals surface area contributed by atoms with Crippen molar-refractivity contribution in [3.8, 4) is 0 Å². The van der Waals surface area contributed by atoms with Gasteiger partial charge in [0.05, 0.1) is 13.2 Å². The van der Waals surface area contributed by atoms with E-state index >= 15 is 0 Å². The molecule has 3 nitrogen and oxygen atoms in total. The van der Waals surface area contributed by atoms with Crippen LogP contribution in [-0.2, 0) is 15.3 Å². The summed E-state index contributed by atoms with van der Waals surface area (Å²) in [6.07, 6.45) is 1.73. The lowest BCUT2D eigenvalue weighted by molar-refractivity contribution is -0.171. The van der Waals surface area contributed by atoms with Gasteiger partial charge in [0.25, 0.3) is 0 Å². The van der Waals surface area contributed by atoms with Gasteiger partial charge in [-0.15, -0.1) is 12.4 Å². The van der Waals surface area contributed by atoms with E-state index in [-0.39, 0.29) is 18.2 Å². The number of rotatable bonds is 5. The Morgan fingerprint density at radius 3 is 2.39 bits per heavy atom. The van der Waals surface area contributed by atoms with Crippen molar-refractivity contribution >= 4 is 12.4 Å². The van der Waals surface area contributed by atoms with Gasteiger partial charge in [0.1, 0.15) is 5.82 Å². The van der Waals surface area contributed by atoms with E-state index in [9.17, 15) is 4.39 Å². The van der Waals surface area contributed by atoms with Gasteiger partial charge < -0.3 is 14.8 Å². The summed E-state index contributed by atoms with van der Waals surface area (Å²) in [4.78, 5) is 0. The Balaban J connectivity index is 0.00000162. The zero-order valence-electron chi connectivity index (χ0n) is 10.4. The molecule has 0 spiro atoms. The number of halogens is 2. The summed E-state index contributed by atoms with van der Waals surface area (Å²) in [6, 6.07) is 6.36. The summed E-state index contributed by atoms with van der Waals surface area (Å²) < 4.78 is 24.4. The third kappa shape index (κ3) is 3.42. The van der Waals surface area contributed by atoms with Crippen LogP contribution in [-0.4, -0.2) is 26.8 Å². The minimum absolute atomic E-state index is 0. The third-order valence-corrected chi connectivity index (χ3v) is 2.97.